The molecule has 2 aromatic carbocycles. The molecule has 0 aliphatic rings. The van der Waals surface area contributed by atoms with E-state index in [0.717, 1.165) is 11.3 Å². The Bertz CT molecular complexity index is 700. The molecule has 0 spiro atoms. The minimum Gasteiger partial charge on any atom is -0.486 e. The molecule has 0 bridgehead atoms. The highest BCUT2D eigenvalue weighted by atomic mass is 35.5. The number of hydrogen-bond donors (Lipinski definition) is 0. The fraction of sp³-hybridized carbons (Fsp3) is 0.167. The average Bonchev–Trinajstić information content (AvgIpc) is 2.48. The van der Waals surface area contributed by atoms with Gasteiger partial charge in [-0.25, -0.2) is 0 Å². The van der Waals surface area contributed by atoms with E-state index in [4.69, 9.17) is 27.9 Å². The van der Waals surface area contributed by atoms with Crippen molar-refractivity contribution in [2.75, 3.05) is 6.61 Å². The van der Waals surface area contributed by atoms with Crippen molar-refractivity contribution in [2.24, 2.45) is 4.99 Å². The van der Waals surface area contributed by atoms with Crippen molar-refractivity contribution < 1.29 is 4.74 Å². The summed E-state index contributed by atoms with van der Waals surface area (Å²) in [5.74, 6) is 0.464. The van der Waals surface area contributed by atoms with Crippen LogP contribution in [0.15, 0.2) is 48.0 Å². The van der Waals surface area contributed by atoms with Gasteiger partial charge >= 0.3 is 0 Å². The zero-order valence-corrected chi connectivity index (χ0v) is 14.1. The van der Waals surface area contributed by atoms with Gasteiger partial charge in [-0.3, -0.25) is 4.99 Å². The second-order valence-corrected chi connectivity index (χ2v) is 5.75. The third kappa shape index (κ3) is 4.12. The summed E-state index contributed by atoms with van der Waals surface area (Å²) >= 11 is 12.4. The van der Waals surface area contributed by atoms with Crippen LogP contribution >= 0.6 is 23.2 Å². The molecule has 0 saturated heterocycles. The summed E-state index contributed by atoms with van der Waals surface area (Å²) in [6.45, 7) is 8.09. The number of ether oxygens (including phenoxy) is 1. The van der Waals surface area contributed by atoms with E-state index >= 15 is 0 Å². The van der Waals surface area contributed by atoms with Gasteiger partial charge in [0, 0.05) is 6.21 Å². The van der Waals surface area contributed by atoms with Crippen LogP contribution in [-0.2, 0) is 0 Å². The van der Waals surface area contributed by atoms with E-state index in [9.17, 15) is 0 Å². The Labute approximate surface area is 141 Å². The molecule has 0 unspecified atom stereocenters. The quantitative estimate of drug-likeness (QED) is 0.491. The third-order valence-electron chi connectivity index (χ3n) is 3.22. The van der Waals surface area contributed by atoms with Gasteiger partial charge in [0.25, 0.3) is 0 Å². The number of hydrogen-bond acceptors (Lipinski definition) is 2. The molecule has 2 aromatic rings. The van der Waals surface area contributed by atoms with Gasteiger partial charge in [0.2, 0.25) is 0 Å². The van der Waals surface area contributed by atoms with E-state index in [0.29, 0.717) is 22.4 Å². The molecule has 0 aromatic heterocycles. The zero-order valence-electron chi connectivity index (χ0n) is 12.6. The molecular weight excluding hydrogens is 317 g/mol. The number of benzene rings is 2. The molecule has 114 valence electrons. The molecule has 0 atom stereocenters. The lowest BCUT2D eigenvalue weighted by molar-refractivity contribution is 0.363. The van der Waals surface area contributed by atoms with Crippen LogP contribution in [0.1, 0.15) is 16.7 Å². The Morgan fingerprint density at radius 2 is 1.77 bits per heavy atom. The molecule has 2 rings (SSSR count). The molecule has 0 aliphatic carbocycles. The van der Waals surface area contributed by atoms with Gasteiger partial charge in [0.1, 0.15) is 6.61 Å². The molecule has 0 radical (unpaired) electrons. The van der Waals surface area contributed by atoms with Crippen LogP contribution in [0.25, 0.3) is 0 Å². The lowest BCUT2D eigenvalue weighted by Crippen LogP contribution is -1.95. The number of rotatable bonds is 5. The molecule has 0 aliphatic heterocycles. The number of aryl methyl sites for hydroxylation is 2. The van der Waals surface area contributed by atoms with Gasteiger partial charge in [-0.15, -0.1) is 0 Å². The van der Waals surface area contributed by atoms with Crippen LogP contribution in [0.2, 0.25) is 10.0 Å². The molecule has 4 heteroatoms. The first-order valence-corrected chi connectivity index (χ1v) is 7.61. The van der Waals surface area contributed by atoms with Gasteiger partial charge in [0.05, 0.1) is 15.7 Å². The van der Waals surface area contributed by atoms with E-state index < -0.39 is 0 Å². The van der Waals surface area contributed by atoms with Crippen molar-refractivity contribution in [1.29, 1.82) is 0 Å². The van der Waals surface area contributed by atoms with Crippen LogP contribution in [0, 0.1) is 13.8 Å². The summed E-state index contributed by atoms with van der Waals surface area (Å²) in [5, 5.41) is 0.909. The van der Waals surface area contributed by atoms with E-state index in [-0.39, 0.29) is 0 Å². The summed E-state index contributed by atoms with van der Waals surface area (Å²) in [6.07, 6.45) is 3.38. The first-order valence-electron chi connectivity index (χ1n) is 6.85. The highest BCUT2D eigenvalue weighted by Crippen LogP contribution is 2.34. The van der Waals surface area contributed by atoms with Crippen molar-refractivity contribution in [3.8, 4) is 5.75 Å². The summed E-state index contributed by atoms with van der Waals surface area (Å²) in [5.41, 5.74) is 4.16. The fourth-order valence-electron chi connectivity index (χ4n) is 1.89. The number of halogens is 2. The van der Waals surface area contributed by atoms with Gasteiger partial charge in [-0.05, 0) is 54.8 Å². The monoisotopic (exact) mass is 333 g/mol. The lowest BCUT2D eigenvalue weighted by Gasteiger charge is -2.08. The van der Waals surface area contributed by atoms with Gasteiger partial charge in [-0.1, -0.05) is 41.9 Å². The molecule has 0 saturated carbocycles. The van der Waals surface area contributed by atoms with E-state index in [1.54, 1.807) is 24.4 Å². The fourth-order valence-corrected chi connectivity index (χ4v) is 2.50. The highest BCUT2D eigenvalue weighted by molar-refractivity contribution is 6.37. The zero-order chi connectivity index (χ0) is 16.1. The number of aliphatic imine (C=N–C) groups is 1. The smallest absolute Gasteiger partial charge is 0.156 e. The average molecular weight is 334 g/mol. The maximum Gasteiger partial charge on any atom is 0.156 e. The van der Waals surface area contributed by atoms with Crippen LogP contribution in [0.5, 0.6) is 5.75 Å². The van der Waals surface area contributed by atoms with Gasteiger partial charge in [-0.2, -0.15) is 0 Å². The second kappa shape index (κ2) is 7.48. The van der Waals surface area contributed by atoms with Crippen LogP contribution < -0.4 is 4.74 Å². The van der Waals surface area contributed by atoms with Gasteiger partial charge < -0.3 is 4.74 Å². The summed E-state index contributed by atoms with van der Waals surface area (Å²) in [7, 11) is 0. The predicted molar refractivity (Wildman–Crippen MR) is 95.3 cm³/mol. The Hall–Kier alpha value is -1.77. The summed E-state index contributed by atoms with van der Waals surface area (Å²) < 4.78 is 5.44. The SMILES string of the molecule is C=CCOc1c(Cl)cc(C=Nc2ccc(C)c(C)c2)cc1Cl. The van der Waals surface area contributed by atoms with Crippen LogP contribution in [-0.4, -0.2) is 12.8 Å². The van der Waals surface area contributed by atoms with E-state index in [2.05, 4.69) is 25.4 Å². The molecule has 0 N–H and O–H groups in total. The standard InChI is InChI=1S/C18H17Cl2NO/c1-4-7-22-18-16(19)9-14(10-17(18)20)11-21-15-6-5-12(2)13(3)8-15/h4-6,8-11H,1,7H2,2-3H3. The van der Waals surface area contributed by atoms with Crippen molar-refractivity contribution in [3.63, 3.8) is 0 Å². The first-order chi connectivity index (χ1) is 10.5. The topological polar surface area (TPSA) is 21.6 Å². The maximum absolute atomic E-state index is 6.19. The molecule has 2 nitrogen and oxygen atoms in total. The van der Waals surface area contributed by atoms with Crippen LogP contribution in [0.3, 0.4) is 0 Å². The minimum absolute atomic E-state index is 0.357. The predicted octanol–water partition coefficient (Wildman–Crippen LogP) is 5.93. The maximum atomic E-state index is 6.19. The minimum atomic E-state index is 0.357. The molecule has 22 heavy (non-hydrogen) atoms. The highest BCUT2D eigenvalue weighted by Gasteiger charge is 2.08. The van der Waals surface area contributed by atoms with Crippen molar-refractivity contribution in [3.05, 3.63) is 69.7 Å². The molecule has 0 fully saturated rings. The summed E-state index contributed by atoms with van der Waals surface area (Å²) in [6, 6.07) is 9.61. The van der Waals surface area contributed by atoms with Crippen molar-refractivity contribution >= 4 is 35.1 Å². The van der Waals surface area contributed by atoms with Gasteiger partial charge in [0.15, 0.2) is 5.75 Å². The van der Waals surface area contributed by atoms with E-state index in [1.165, 1.54) is 11.1 Å². The largest absolute Gasteiger partial charge is 0.486 e. The number of nitrogens with zero attached hydrogens (tertiary/aromatic N) is 1. The normalized spacial score (nSPS) is 10.9. The van der Waals surface area contributed by atoms with E-state index in [1.807, 2.05) is 18.2 Å². The first kappa shape index (κ1) is 16.6. The third-order valence-corrected chi connectivity index (χ3v) is 3.78. The molecule has 0 heterocycles. The Morgan fingerprint density at radius 3 is 2.36 bits per heavy atom. The lowest BCUT2D eigenvalue weighted by atomic mass is 10.1. The van der Waals surface area contributed by atoms with Crippen LogP contribution in [0.4, 0.5) is 5.69 Å². The molecular formula is C18H17Cl2NO. The van der Waals surface area contributed by atoms with Crippen molar-refractivity contribution in [2.45, 2.75) is 13.8 Å². The van der Waals surface area contributed by atoms with Crippen molar-refractivity contribution in [1.82, 2.24) is 0 Å². The Balaban J connectivity index is 2.24. The Morgan fingerprint density at radius 1 is 1.09 bits per heavy atom. The molecule has 0 amide bonds. The Kier molecular flexibility index (Phi) is 5.64. The second-order valence-electron chi connectivity index (χ2n) is 4.94. The summed E-state index contributed by atoms with van der Waals surface area (Å²) in [4.78, 5) is 4.45.